The fourth-order valence-corrected chi connectivity index (χ4v) is 8.32. The van der Waals surface area contributed by atoms with Crippen LogP contribution in [0.2, 0.25) is 0 Å². The summed E-state index contributed by atoms with van der Waals surface area (Å²) in [5, 5.41) is 0. The molecule has 3 heteroatoms. The van der Waals surface area contributed by atoms with E-state index in [1.165, 1.54) is 50.1 Å². The lowest BCUT2D eigenvalue weighted by Gasteiger charge is -2.34. The number of rotatable bonds is 7. The summed E-state index contributed by atoms with van der Waals surface area (Å²) >= 11 is 0. The predicted molar refractivity (Wildman–Crippen MR) is 224 cm³/mol. The number of hydrogen-bond donors (Lipinski definition) is 0. The van der Waals surface area contributed by atoms with Crippen molar-refractivity contribution in [2.75, 3.05) is 0 Å². The largest absolute Gasteiger partial charge is 0.255 e. The molecule has 0 atom stereocenters. The molecule has 258 valence electrons. The summed E-state index contributed by atoms with van der Waals surface area (Å²) in [5.41, 5.74) is 17.6. The Bertz CT molecular complexity index is 2660. The van der Waals surface area contributed by atoms with Crippen LogP contribution < -0.4 is 0 Å². The van der Waals surface area contributed by atoms with Crippen molar-refractivity contribution in [2.24, 2.45) is 0 Å². The van der Waals surface area contributed by atoms with Gasteiger partial charge in [0.2, 0.25) is 0 Å². The van der Waals surface area contributed by atoms with E-state index in [4.69, 9.17) is 4.98 Å². The molecule has 3 aromatic heterocycles. The topological polar surface area (TPSA) is 38.7 Å². The summed E-state index contributed by atoms with van der Waals surface area (Å²) in [6.07, 6.45) is 3.60. The third-order valence-corrected chi connectivity index (χ3v) is 10.9. The van der Waals surface area contributed by atoms with Crippen LogP contribution in [0.5, 0.6) is 0 Å². The van der Waals surface area contributed by atoms with Gasteiger partial charge in [0, 0.05) is 12.4 Å². The Morgan fingerprint density at radius 3 is 1.25 bits per heavy atom. The van der Waals surface area contributed by atoms with Crippen LogP contribution >= 0.6 is 0 Å². The molecule has 0 radical (unpaired) electrons. The molecule has 0 amide bonds. The summed E-state index contributed by atoms with van der Waals surface area (Å²) in [6.45, 7) is 0. The first-order valence-corrected chi connectivity index (χ1v) is 18.7. The average Bonchev–Trinajstić information content (AvgIpc) is 3.58. The predicted octanol–water partition coefficient (Wildman–Crippen LogP) is 12.6. The third kappa shape index (κ3) is 5.65. The molecule has 55 heavy (non-hydrogen) atoms. The Morgan fingerprint density at radius 1 is 0.291 bits per heavy atom. The maximum Gasteiger partial charge on any atom is 0.0900 e. The van der Waals surface area contributed by atoms with E-state index >= 15 is 0 Å². The van der Waals surface area contributed by atoms with Gasteiger partial charge < -0.3 is 0 Å². The SMILES string of the molecule is c1ccc(C2(c3ccccc3)c3ccccc3-c3ccc(-c4ccc(-c5ccc(-c6cc(-c7ccccn7)nc(-c7ccccn7)c6)cc5)cc4)cc32)cc1. The standard InChI is InChI=1S/C52H35N3/c1-3-13-42(14-4-1)52(43-15-5-2-6-16-43)46-18-8-7-17-44(46)45-30-29-40(33-47(45)52)38-25-21-36(22-26-38)37-23-27-39(28-24-37)41-34-50(48-19-9-11-31-53-48)55-51(35-41)49-20-10-12-32-54-49/h1-35H. The summed E-state index contributed by atoms with van der Waals surface area (Å²) in [4.78, 5) is 14.1. The molecule has 3 heterocycles. The summed E-state index contributed by atoms with van der Waals surface area (Å²) in [5.74, 6) is 0. The maximum absolute atomic E-state index is 4.94. The highest BCUT2D eigenvalue weighted by Gasteiger charge is 2.46. The van der Waals surface area contributed by atoms with E-state index in [0.717, 1.165) is 39.5 Å². The quantitative estimate of drug-likeness (QED) is 0.166. The van der Waals surface area contributed by atoms with Crippen molar-refractivity contribution in [3.05, 3.63) is 235 Å². The van der Waals surface area contributed by atoms with E-state index in [2.05, 4.69) is 174 Å². The Kier molecular flexibility index (Phi) is 8.04. The molecule has 0 fully saturated rings. The Hall–Kier alpha value is -7.23. The van der Waals surface area contributed by atoms with Crippen molar-refractivity contribution in [2.45, 2.75) is 5.41 Å². The number of hydrogen-bond acceptors (Lipinski definition) is 3. The molecule has 0 saturated carbocycles. The van der Waals surface area contributed by atoms with E-state index in [-0.39, 0.29) is 0 Å². The van der Waals surface area contributed by atoms with Gasteiger partial charge in [0.15, 0.2) is 0 Å². The Balaban J connectivity index is 1.00. The Morgan fingerprint density at radius 2 is 0.727 bits per heavy atom. The zero-order valence-corrected chi connectivity index (χ0v) is 30.0. The van der Waals surface area contributed by atoms with Crippen LogP contribution in [0.4, 0.5) is 0 Å². The first-order chi connectivity index (χ1) is 27.3. The molecular weight excluding hydrogens is 667 g/mol. The lowest BCUT2D eigenvalue weighted by molar-refractivity contribution is 0.769. The first kappa shape index (κ1) is 32.4. The number of pyridine rings is 3. The first-order valence-electron chi connectivity index (χ1n) is 18.7. The van der Waals surface area contributed by atoms with Gasteiger partial charge in [0.1, 0.15) is 0 Å². The van der Waals surface area contributed by atoms with Crippen molar-refractivity contribution >= 4 is 0 Å². The molecule has 0 bridgehead atoms. The highest BCUT2D eigenvalue weighted by Crippen LogP contribution is 2.56. The van der Waals surface area contributed by atoms with E-state index < -0.39 is 5.41 Å². The summed E-state index contributed by atoms with van der Waals surface area (Å²) in [7, 11) is 0. The normalized spacial score (nSPS) is 12.5. The van der Waals surface area contributed by atoms with E-state index in [1.54, 1.807) is 12.4 Å². The number of nitrogens with zero attached hydrogens (tertiary/aromatic N) is 3. The summed E-state index contributed by atoms with van der Waals surface area (Å²) < 4.78 is 0. The molecule has 0 aliphatic heterocycles. The fraction of sp³-hybridized carbons (Fsp3) is 0.0192. The lowest BCUT2D eigenvalue weighted by Crippen LogP contribution is -2.28. The van der Waals surface area contributed by atoms with Crippen LogP contribution in [0.3, 0.4) is 0 Å². The van der Waals surface area contributed by atoms with Crippen LogP contribution in [0, 0.1) is 0 Å². The summed E-state index contributed by atoms with van der Waals surface area (Å²) in [6, 6.07) is 71.7. The molecule has 0 spiro atoms. The van der Waals surface area contributed by atoms with E-state index in [0.29, 0.717) is 0 Å². The van der Waals surface area contributed by atoms with Gasteiger partial charge in [0.05, 0.1) is 28.2 Å². The van der Waals surface area contributed by atoms with E-state index in [9.17, 15) is 0 Å². The van der Waals surface area contributed by atoms with Crippen LogP contribution in [0.1, 0.15) is 22.3 Å². The molecule has 9 aromatic rings. The van der Waals surface area contributed by atoms with Gasteiger partial charge in [-0.2, -0.15) is 0 Å². The molecule has 10 rings (SSSR count). The number of fused-ring (bicyclic) bond motifs is 3. The highest BCUT2D eigenvalue weighted by atomic mass is 14.8. The molecule has 3 nitrogen and oxygen atoms in total. The fourth-order valence-electron chi connectivity index (χ4n) is 8.32. The van der Waals surface area contributed by atoms with Crippen LogP contribution in [-0.2, 0) is 5.41 Å². The Labute approximate surface area is 321 Å². The van der Waals surface area contributed by atoms with Gasteiger partial charge in [0.25, 0.3) is 0 Å². The van der Waals surface area contributed by atoms with Crippen molar-refractivity contribution in [3.63, 3.8) is 0 Å². The number of benzene rings is 6. The van der Waals surface area contributed by atoms with Crippen LogP contribution in [0.25, 0.3) is 67.3 Å². The number of aromatic nitrogens is 3. The minimum Gasteiger partial charge on any atom is -0.255 e. The third-order valence-electron chi connectivity index (χ3n) is 10.9. The van der Waals surface area contributed by atoms with Gasteiger partial charge in [-0.25, -0.2) is 4.98 Å². The monoisotopic (exact) mass is 701 g/mol. The zero-order valence-electron chi connectivity index (χ0n) is 30.0. The van der Waals surface area contributed by atoms with Gasteiger partial charge in [-0.15, -0.1) is 0 Å². The molecule has 1 aliphatic carbocycles. The van der Waals surface area contributed by atoms with Gasteiger partial charge in [-0.05, 0) is 109 Å². The average molecular weight is 702 g/mol. The molecule has 0 saturated heterocycles. The van der Waals surface area contributed by atoms with Gasteiger partial charge in [-0.1, -0.05) is 158 Å². The van der Waals surface area contributed by atoms with Crippen molar-refractivity contribution in [1.82, 2.24) is 15.0 Å². The smallest absolute Gasteiger partial charge is 0.0900 e. The molecule has 1 aliphatic rings. The molecular formula is C52H35N3. The highest BCUT2D eigenvalue weighted by molar-refractivity contribution is 5.88. The van der Waals surface area contributed by atoms with Crippen molar-refractivity contribution < 1.29 is 0 Å². The van der Waals surface area contributed by atoms with Crippen LogP contribution in [0.15, 0.2) is 213 Å². The second-order valence-electron chi connectivity index (χ2n) is 14.0. The molecule has 0 unspecified atom stereocenters. The maximum atomic E-state index is 4.94. The van der Waals surface area contributed by atoms with E-state index in [1.807, 2.05) is 36.4 Å². The zero-order chi connectivity index (χ0) is 36.6. The van der Waals surface area contributed by atoms with Crippen LogP contribution in [-0.4, -0.2) is 15.0 Å². The minimum atomic E-state index is -0.419. The van der Waals surface area contributed by atoms with Gasteiger partial charge in [-0.3, -0.25) is 9.97 Å². The second-order valence-corrected chi connectivity index (χ2v) is 14.0. The van der Waals surface area contributed by atoms with Crippen molar-refractivity contribution in [1.29, 1.82) is 0 Å². The molecule has 0 N–H and O–H groups in total. The molecule has 6 aromatic carbocycles. The second kappa shape index (κ2) is 13.6. The lowest BCUT2D eigenvalue weighted by atomic mass is 9.67. The van der Waals surface area contributed by atoms with Crippen molar-refractivity contribution in [3.8, 4) is 67.3 Å². The van der Waals surface area contributed by atoms with Gasteiger partial charge >= 0.3 is 0 Å². The minimum absolute atomic E-state index is 0.419.